The Labute approximate surface area is 112 Å². The second-order valence-electron chi connectivity index (χ2n) is 4.66. The zero-order valence-electron chi connectivity index (χ0n) is 11.4. The lowest BCUT2D eigenvalue weighted by Gasteiger charge is -2.10. The first kappa shape index (κ1) is 15.1. The van der Waals surface area contributed by atoms with Gasteiger partial charge < -0.3 is 10.6 Å². The maximum absolute atomic E-state index is 11.7. The highest BCUT2D eigenvalue weighted by Crippen LogP contribution is 2.21. The summed E-state index contributed by atoms with van der Waals surface area (Å²) in [6.07, 6.45) is 0.370. The van der Waals surface area contributed by atoms with Crippen LogP contribution in [0.2, 0.25) is 0 Å². The van der Waals surface area contributed by atoms with E-state index in [2.05, 4.69) is 10.6 Å². The highest BCUT2D eigenvalue weighted by molar-refractivity contribution is 5.91. The molecule has 104 valence electrons. The molecule has 0 aliphatic heterocycles. The fraction of sp³-hybridized carbons (Fsp3) is 0.462. The number of aryl methyl sites for hydroxylation is 1. The monoisotopic (exact) mass is 265 g/mol. The Morgan fingerprint density at radius 1 is 1.42 bits per heavy atom. The number of nitro benzene ring substituents is 1. The molecule has 2 N–H and O–H groups in total. The third-order valence-corrected chi connectivity index (χ3v) is 2.60. The van der Waals surface area contributed by atoms with Crippen molar-refractivity contribution in [3.8, 4) is 0 Å². The molecule has 1 aromatic rings. The zero-order chi connectivity index (χ0) is 14.4. The smallest absolute Gasteiger partial charge is 0.269 e. The summed E-state index contributed by atoms with van der Waals surface area (Å²) < 4.78 is 0. The van der Waals surface area contributed by atoms with E-state index in [0.29, 0.717) is 30.3 Å². The Bertz CT molecular complexity index is 472. The summed E-state index contributed by atoms with van der Waals surface area (Å²) in [5, 5.41) is 16.5. The van der Waals surface area contributed by atoms with Gasteiger partial charge in [-0.15, -0.1) is 0 Å². The van der Waals surface area contributed by atoms with Crippen LogP contribution in [0.5, 0.6) is 0 Å². The number of benzene rings is 1. The van der Waals surface area contributed by atoms with Crippen molar-refractivity contribution in [2.24, 2.45) is 0 Å². The Hall–Kier alpha value is -1.95. The molecule has 0 aromatic heterocycles. The highest BCUT2D eigenvalue weighted by Gasteiger charge is 2.10. The molecular weight excluding hydrogens is 246 g/mol. The lowest BCUT2D eigenvalue weighted by molar-refractivity contribution is -0.384. The number of nitrogens with one attached hydrogen (secondary N) is 2. The number of non-ortho nitro benzene ring substituents is 1. The van der Waals surface area contributed by atoms with E-state index in [1.807, 2.05) is 13.8 Å². The Morgan fingerprint density at radius 3 is 2.63 bits per heavy atom. The van der Waals surface area contributed by atoms with Crippen LogP contribution >= 0.6 is 0 Å². The SMILES string of the molecule is Cc1cc([N+](=O)[O-])ccc1NC(=O)CCNC(C)C. The van der Waals surface area contributed by atoms with E-state index in [0.717, 1.165) is 0 Å². The molecular formula is C13H19N3O3. The number of hydrogen-bond donors (Lipinski definition) is 2. The Balaban J connectivity index is 2.57. The number of carbonyl (C=O) groups excluding carboxylic acids is 1. The molecule has 19 heavy (non-hydrogen) atoms. The molecule has 0 heterocycles. The predicted molar refractivity (Wildman–Crippen MR) is 74.2 cm³/mol. The Kier molecular flexibility index (Phi) is 5.44. The quantitative estimate of drug-likeness (QED) is 0.610. The standard InChI is InChI=1S/C13H19N3O3/c1-9(2)14-7-6-13(17)15-12-5-4-11(16(18)19)8-10(12)3/h4-5,8-9,14H,6-7H2,1-3H3,(H,15,17). The molecule has 0 saturated carbocycles. The molecule has 0 saturated heterocycles. The Morgan fingerprint density at radius 2 is 2.11 bits per heavy atom. The van der Waals surface area contributed by atoms with Crippen molar-refractivity contribution in [3.05, 3.63) is 33.9 Å². The van der Waals surface area contributed by atoms with Crippen molar-refractivity contribution in [3.63, 3.8) is 0 Å². The number of carbonyl (C=O) groups is 1. The van der Waals surface area contributed by atoms with Crippen LogP contribution in [0.3, 0.4) is 0 Å². The van der Waals surface area contributed by atoms with E-state index in [1.165, 1.54) is 12.1 Å². The van der Waals surface area contributed by atoms with E-state index in [9.17, 15) is 14.9 Å². The van der Waals surface area contributed by atoms with Gasteiger partial charge >= 0.3 is 0 Å². The molecule has 0 radical (unpaired) electrons. The fourth-order valence-electron chi connectivity index (χ4n) is 1.59. The topological polar surface area (TPSA) is 84.3 Å². The number of nitro groups is 1. The second-order valence-corrected chi connectivity index (χ2v) is 4.66. The molecule has 0 aliphatic carbocycles. The first-order valence-electron chi connectivity index (χ1n) is 6.18. The van der Waals surface area contributed by atoms with Crippen molar-refractivity contribution in [1.82, 2.24) is 5.32 Å². The molecule has 0 aliphatic rings. The van der Waals surface area contributed by atoms with E-state index < -0.39 is 4.92 Å². The van der Waals surface area contributed by atoms with Crippen LogP contribution in [-0.4, -0.2) is 23.4 Å². The van der Waals surface area contributed by atoms with Gasteiger partial charge in [-0.25, -0.2) is 0 Å². The van der Waals surface area contributed by atoms with Crippen LogP contribution in [0.1, 0.15) is 25.8 Å². The van der Waals surface area contributed by atoms with Crippen molar-refractivity contribution in [2.45, 2.75) is 33.2 Å². The van der Waals surface area contributed by atoms with Crippen molar-refractivity contribution >= 4 is 17.3 Å². The van der Waals surface area contributed by atoms with E-state index in [4.69, 9.17) is 0 Å². The van der Waals surface area contributed by atoms with Gasteiger partial charge in [-0.2, -0.15) is 0 Å². The lowest BCUT2D eigenvalue weighted by Crippen LogP contribution is -2.27. The molecule has 0 atom stereocenters. The molecule has 0 fully saturated rings. The first-order chi connectivity index (χ1) is 8.90. The largest absolute Gasteiger partial charge is 0.326 e. The predicted octanol–water partition coefficient (Wildman–Crippen LogP) is 2.23. The van der Waals surface area contributed by atoms with Gasteiger partial charge in [0.05, 0.1) is 4.92 Å². The molecule has 0 unspecified atom stereocenters. The van der Waals surface area contributed by atoms with Gasteiger partial charge in [-0.1, -0.05) is 13.8 Å². The number of nitrogens with zero attached hydrogens (tertiary/aromatic N) is 1. The second kappa shape index (κ2) is 6.84. The normalized spacial score (nSPS) is 10.5. The average molecular weight is 265 g/mol. The van der Waals surface area contributed by atoms with Gasteiger partial charge in [0, 0.05) is 36.8 Å². The van der Waals surface area contributed by atoms with Crippen LogP contribution in [0.4, 0.5) is 11.4 Å². The molecule has 1 aromatic carbocycles. The number of hydrogen-bond acceptors (Lipinski definition) is 4. The summed E-state index contributed by atoms with van der Waals surface area (Å²) in [6, 6.07) is 4.73. The minimum absolute atomic E-state index is 0.0250. The highest BCUT2D eigenvalue weighted by atomic mass is 16.6. The summed E-state index contributed by atoms with van der Waals surface area (Å²) >= 11 is 0. The first-order valence-corrected chi connectivity index (χ1v) is 6.18. The summed E-state index contributed by atoms with van der Waals surface area (Å²) in [5.74, 6) is -0.106. The molecule has 6 nitrogen and oxygen atoms in total. The van der Waals surface area contributed by atoms with E-state index in [-0.39, 0.29) is 11.6 Å². The van der Waals surface area contributed by atoms with Crippen LogP contribution < -0.4 is 10.6 Å². The number of anilines is 1. The zero-order valence-corrected chi connectivity index (χ0v) is 11.4. The molecule has 1 rings (SSSR count). The van der Waals surface area contributed by atoms with Gasteiger partial charge in [-0.3, -0.25) is 14.9 Å². The summed E-state index contributed by atoms with van der Waals surface area (Å²) in [5.41, 5.74) is 1.32. The minimum atomic E-state index is -0.453. The van der Waals surface area contributed by atoms with Gasteiger partial charge in [0.2, 0.25) is 5.91 Å². The van der Waals surface area contributed by atoms with Crippen LogP contribution in [0.15, 0.2) is 18.2 Å². The van der Waals surface area contributed by atoms with Crippen LogP contribution in [-0.2, 0) is 4.79 Å². The number of rotatable bonds is 6. The van der Waals surface area contributed by atoms with E-state index >= 15 is 0 Å². The maximum Gasteiger partial charge on any atom is 0.269 e. The van der Waals surface area contributed by atoms with Crippen molar-refractivity contribution < 1.29 is 9.72 Å². The molecule has 0 bridgehead atoms. The van der Waals surface area contributed by atoms with E-state index in [1.54, 1.807) is 13.0 Å². The maximum atomic E-state index is 11.7. The van der Waals surface area contributed by atoms with Gasteiger partial charge in [0.1, 0.15) is 0 Å². The number of amides is 1. The molecule has 0 spiro atoms. The average Bonchev–Trinajstić information content (AvgIpc) is 2.31. The third kappa shape index (κ3) is 5.05. The third-order valence-electron chi connectivity index (χ3n) is 2.60. The summed E-state index contributed by atoms with van der Waals surface area (Å²) in [4.78, 5) is 21.8. The summed E-state index contributed by atoms with van der Waals surface area (Å²) in [6.45, 7) is 6.36. The van der Waals surface area contributed by atoms with Gasteiger partial charge in [0.25, 0.3) is 5.69 Å². The van der Waals surface area contributed by atoms with Crippen molar-refractivity contribution in [1.29, 1.82) is 0 Å². The van der Waals surface area contributed by atoms with Crippen LogP contribution in [0, 0.1) is 17.0 Å². The summed E-state index contributed by atoms with van der Waals surface area (Å²) in [7, 11) is 0. The van der Waals surface area contributed by atoms with Gasteiger partial charge in [-0.05, 0) is 18.6 Å². The van der Waals surface area contributed by atoms with Crippen LogP contribution in [0.25, 0.3) is 0 Å². The molecule has 6 heteroatoms. The lowest BCUT2D eigenvalue weighted by atomic mass is 10.1. The van der Waals surface area contributed by atoms with Crippen molar-refractivity contribution in [2.75, 3.05) is 11.9 Å². The minimum Gasteiger partial charge on any atom is -0.326 e. The fourth-order valence-corrected chi connectivity index (χ4v) is 1.59. The van der Waals surface area contributed by atoms with Gasteiger partial charge in [0.15, 0.2) is 0 Å². The molecule has 1 amide bonds.